The average Bonchev–Trinajstić information content (AvgIpc) is 2.87. The van der Waals surface area contributed by atoms with E-state index in [1.54, 1.807) is 19.4 Å². The number of amides is 2. The number of rotatable bonds is 6. The van der Waals surface area contributed by atoms with E-state index in [0.29, 0.717) is 23.7 Å². The molecule has 2 fully saturated rings. The molecule has 1 aromatic carbocycles. The quantitative estimate of drug-likeness (QED) is 0.696. The van der Waals surface area contributed by atoms with Gasteiger partial charge in [0.2, 0.25) is 5.91 Å². The highest BCUT2D eigenvalue weighted by atomic mass is 16.5. The topological polar surface area (TPSA) is 66.0 Å². The van der Waals surface area contributed by atoms with E-state index in [1.165, 1.54) is 0 Å². The molecular weight excluding hydrogens is 404 g/mol. The maximum atomic E-state index is 12.9. The van der Waals surface area contributed by atoms with Crippen LogP contribution in [0, 0.1) is 5.92 Å². The molecule has 2 saturated heterocycles. The van der Waals surface area contributed by atoms with Gasteiger partial charge in [0.05, 0.1) is 7.11 Å². The standard InChI is InChI=1S/C25H32N4O3/c1-32-22-8-4-7-21(18-22)25(31)29-13-5-6-20(19-29)10-11-24(30)28-16-14-27(15-17-28)23-9-2-3-12-26-23/h2-4,7-9,12,18,20H,5-6,10-11,13-17,19H2,1H3. The molecule has 0 spiro atoms. The van der Waals surface area contributed by atoms with Crippen molar-refractivity contribution in [1.82, 2.24) is 14.8 Å². The normalized spacial score (nSPS) is 19.0. The number of piperidine rings is 1. The highest BCUT2D eigenvalue weighted by molar-refractivity contribution is 5.94. The fourth-order valence-electron chi connectivity index (χ4n) is 4.64. The van der Waals surface area contributed by atoms with Gasteiger partial charge in [-0.3, -0.25) is 9.59 Å². The fraction of sp³-hybridized carbons (Fsp3) is 0.480. The summed E-state index contributed by atoms with van der Waals surface area (Å²) in [6.45, 7) is 4.60. The third kappa shape index (κ3) is 5.39. The van der Waals surface area contributed by atoms with Crippen LogP contribution < -0.4 is 9.64 Å². The largest absolute Gasteiger partial charge is 0.497 e. The number of aromatic nitrogens is 1. The van der Waals surface area contributed by atoms with E-state index in [-0.39, 0.29) is 11.8 Å². The lowest BCUT2D eigenvalue weighted by molar-refractivity contribution is -0.131. The first-order valence-corrected chi connectivity index (χ1v) is 11.5. The first kappa shape index (κ1) is 22.1. The number of pyridine rings is 1. The van der Waals surface area contributed by atoms with Crippen LogP contribution in [-0.2, 0) is 4.79 Å². The van der Waals surface area contributed by atoms with Crippen LogP contribution >= 0.6 is 0 Å². The summed E-state index contributed by atoms with van der Waals surface area (Å²) < 4.78 is 5.25. The third-order valence-corrected chi connectivity index (χ3v) is 6.49. The van der Waals surface area contributed by atoms with Crippen LogP contribution in [-0.4, -0.2) is 73.0 Å². The minimum atomic E-state index is 0.0468. The maximum Gasteiger partial charge on any atom is 0.253 e. The van der Waals surface area contributed by atoms with Crippen LogP contribution in [0.1, 0.15) is 36.0 Å². The molecule has 4 rings (SSSR count). The summed E-state index contributed by atoms with van der Waals surface area (Å²) in [6, 6.07) is 13.2. The summed E-state index contributed by atoms with van der Waals surface area (Å²) in [5.41, 5.74) is 0.659. The van der Waals surface area contributed by atoms with Gasteiger partial charge in [-0.15, -0.1) is 0 Å². The molecule has 7 heteroatoms. The van der Waals surface area contributed by atoms with Gasteiger partial charge in [-0.2, -0.15) is 0 Å². The molecule has 1 atom stereocenters. The second-order valence-corrected chi connectivity index (χ2v) is 8.59. The van der Waals surface area contributed by atoms with E-state index in [1.807, 2.05) is 46.2 Å². The molecule has 0 saturated carbocycles. The monoisotopic (exact) mass is 436 g/mol. The second kappa shape index (κ2) is 10.5. The van der Waals surface area contributed by atoms with Crippen molar-refractivity contribution in [2.45, 2.75) is 25.7 Å². The smallest absolute Gasteiger partial charge is 0.253 e. The summed E-state index contributed by atoms with van der Waals surface area (Å²) in [5, 5.41) is 0. The summed E-state index contributed by atoms with van der Waals surface area (Å²) in [6.07, 6.45) is 5.25. The SMILES string of the molecule is COc1cccc(C(=O)N2CCCC(CCC(=O)N3CCN(c4ccccn4)CC3)C2)c1. The average molecular weight is 437 g/mol. The van der Waals surface area contributed by atoms with Gasteiger partial charge in [-0.05, 0) is 55.5 Å². The number of anilines is 1. The molecule has 2 aromatic rings. The molecule has 0 bridgehead atoms. The van der Waals surface area contributed by atoms with Crippen molar-refractivity contribution in [1.29, 1.82) is 0 Å². The van der Waals surface area contributed by atoms with Crippen molar-refractivity contribution in [3.8, 4) is 5.75 Å². The first-order valence-electron chi connectivity index (χ1n) is 11.5. The van der Waals surface area contributed by atoms with E-state index in [0.717, 1.165) is 64.3 Å². The number of methoxy groups -OCH3 is 1. The molecule has 1 aromatic heterocycles. The van der Waals surface area contributed by atoms with Gasteiger partial charge in [0, 0.05) is 57.4 Å². The van der Waals surface area contributed by atoms with Crippen LogP contribution in [0.15, 0.2) is 48.7 Å². The molecule has 2 aliphatic heterocycles. The Labute approximate surface area is 190 Å². The number of likely N-dealkylation sites (tertiary alicyclic amines) is 1. The van der Waals surface area contributed by atoms with E-state index < -0.39 is 0 Å². The predicted molar refractivity (Wildman–Crippen MR) is 124 cm³/mol. The Balaban J connectivity index is 1.24. The van der Waals surface area contributed by atoms with Gasteiger partial charge in [0.1, 0.15) is 11.6 Å². The van der Waals surface area contributed by atoms with E-state index in [9.17, 15) is 9.59 Å². The van der Waals surface area contributed by atoms with Gasteiger partial charge in [0.25, 0.3) is 5.91 Å². The van der Waals surface area contributed by atoms with E-state index in [2.05, 4.69) is 9.88 Å². The highest BCUT2D eigenvalue weighted by Crippen LogP contribution is 2.24. The van der Waals surface area contributed by atoms with Gasteiger partial charge in [-0.1, -0.05) is 12.1 Å². The molecule has 2 amide bonds. The zero-order valence-electron chi connectivity index (χ0n) is 18.8. The Bertz CT molecular complexity index is 912. The highest BCUT2D eigenvalue weighted by Gasteiger charge is 2.27. The Kier molecular flexibility index (Phi) is 7.24. The molecule has 7 nitrogen and oxygen atoms in total. The lowest BCUT2D eigenvalue weighted by atomic mass is 9.92. The molecule has 32 heavy (non-hydrogen) atoms. The molecule has 2 aliphatic rings. The van der Waals surface area contributed by atoms with Gasteiger partial charge in [0.15, 0.2) is 0 Å². The Morgan fingerprint density at radius 3 is 2.62 bits per heavy atom. The van der Waals surface area contributed by atoms with Crippen LogP contribution in [0.2, 0.25) is 0 Å². The first-order chi connectivity index (χ1) is 15.6. The van der Waals surface area contributed by atoms with Crippen LogP contribution in [0.4, 0.5) is 5.82 Å². The number of benzene rings is 1. The number of nitrogens with zero attached hydrogens (tertiary/aromatic N) is 4. The van der Waals surface area contributed by atoms with Gasteiger partial charge >= 0.3 is 0 Å². The molecule has 170 valence electrons. The summed E-state index contributed by atoms with van der Waals surface area (Å²) in [7, 11) is 1.61. The van der Waals surface area contributed by atoms with Crippen LogP contribution in [0.3, 0.4) is 0 Å². The Hall–Kier alpha value is -3.09. The molecule has 1 unspecified atom stereocenters. The third-order valence-electron chi connectivity index (χ3n) is 6.49. The molecular formula is C25H32N4O3. The summed E-state index contributed by atoms with van der Waals surface area (Å²) in [5.74, 6) is 2.31. The maximum absolute atomic E-state index is 12.9. The van der Waals surface area contributed by atoms with Crippen molar-refractivity contribution in [3.05, 3.63) is 54.2 Å². The number of hydrogen-bond acceptors (Lipinski definition) is 5. The fourth-order valence-corrected chi connectivity index (χ4v) is 4.64. The van der Waals surface area contributed by atoms with E-state index in [4.69, 9.17) is 4.74 Å². The zero-order valence-corrected chi connectivity index (χ0v) is 18.8. The number of hydrogen-bond donors (Lipinski definition) is 0. The number of carbonyl (C=O) groups is 2. The molecule has 0 radical (unpaired) electrons. The Morgan fingerprint density at radius 2 is 1.88 bits per heavy atom. The minimum absolute atomic E-state index is 0.0468. The number of piperazine rings is 1. The number of carbonyl (C=O) groups excluding carboxylic acids is 2. The lowest BCUT2D eigenvalue weighted by Crippen LogP contribution is -2.49. The van der Waals surface area contributed by atoms with Crippen molar-refractivity contribution < 1.29 is 14.3 Å². The number of ether oxygens (including phenoxy) is 1. The predicted octanol–water partition coefficient (Wildman–Crippen LogP) is 3.07. The van der Waals surface area contributed by atoms with Gasteiger partial charge in [-0.25, -0.2) is 4.98 Å². The van der Waals surface area contributed by atoms with E-state index >= 15 is 0 Å². The second-order valence-electron chi connectivity index (χ2n) is 8.59. The van der Waals surface area contributed by atoms with Gasteiger partial charge < -0.3 is 19.4 Å². The van der Waals surface area contributed by atoms with Crippen LogP contribution in [0.25, 0.3) is 0 Å². The Morgan fingerprint density at radius 1 is 1.03 bits per heavy atom. The summed E-state index contributed by atoms with van der Waals surface area (Å²) in [4.78, 5) is 36.3. The molecule has 0 N–H and O–H groups in total. The van der Waals surface area contributed by atoms with Crippen molar-refractivity contribution >= 4 is 17.6 Å². The molecule has 0 aliphatic carbocycles. The summed E-state index contributed by atoms with van der Waals surface area (Å²) >= 11 is 0. The van der Waals surface area contributed by atoms with Crippen LogP contribution in [0.5, 0.6) is 5.75 Å². The van der Waals surface area contributed by atoms with Crippen molar-refractivity contribution in [3.63, 3.8) is 0 Å². The van der Waals surface area contributed by atoms with Crippen molar-refractivity contribution in [2.75, 3.05) is 51.3 Å². The minimum Gasteiger partial charge on any atom is -0.497 e. The zero-order chi connectivity index (χ0) is 22.3. The van der Waals surface area contributed by atoms with Crippen molar-refractivity contribution in [2.24, 2.45) is 5.92 Å². The lowest BCUT2D eigenvalue weighted by Gasteiger charge is -2.36. The molecule has 3 heterocycles.